The molecule has 1 spiro atoms. The molecule has 0 amide bonds. The Morgan fingerprint density at radius 2 is 1.88 bits per heavy atom. The van der Waals surface area contributed by atoms with Crippen LogP contribution in [0.5, 0.6) is 0 Å². The topological polar surface area (TPSA) is 55.8 Å². The van der Waals surface area contributed by atoms with E-state index >= 15 is 0 Å². The summed E-state index contributed by atoms with van der Waals surface area (Å²) in [4.78, 5) is 13.5. The minimum Gasteiger partial charge on any atom is -0.392 e. The number of hydrogen-bond acceptors (Lipinski definition) is 4. The number of ether oxygens (including phenoxy) is 2. The van der Waals surface area contributed by atoms with E-state index in [0.717, 1.165) is 12.8 Å². The minimum atomic E-state index is -0.712. The van der Waals surface area contributed by atoms with Gasteiger partial charge in [-0.2, -0.15) is 0 Å². The summed E-state index contributed by atoms with van der Waals surface area (Å²) in [7, 11) is 0. The van der Waals surface area contributed by atoms with Crippen molar-refractivity contribution in [2.45, 2.75) is 58.8 Å². The number of carbonyl (C=O) groups is 1. The molecule has 26 heavy (non-hydrogen) atoms. The van der Waals surface area contributed by atoms with Crippen molar-refractivity contribution in [1.82, 2.24) is 0 Å². The lowest BCUT2D eigenvalue weighted by molar-refractivity contribution is -0.251. The van der Waals surface area contributed by atoms with Crippen LogP contribution in [0.3, 0.4) is 0 Å². The average Bonchev–Trinajstić information content (AvgIpc) is 3.23. The summed E-state index contributed by atoms with van der Waals surface area (Å²) in [5.41, 5.74) is -1.47. The third-order valence-electron chi connectivity index (χ3n) is 8.51. The monoisotopic (exact) mass is 360 g/mol. The van der Waals surface area contributed by atoms with Crippen LogP contribution in [-0.4, -0.2) is 36.0 Å². The molecule has 2 bridgehead atoms. The molecule has 3 fully saturated rings. The summed E-state index contributed by atoms with van der Waals surface area (Å²) in [6.45, 7) is 13.4. The van der Waals surface area contributed by atoms with E-state index in [0.29, 0.717) is 19.6 Å². The maximum Gasteiger partial charge on any atom is 0.172 e. The van der Waals surface area contributed by atoms with Crippen molar-refractivity contribution < 1.29 is 19.4 Å². The molecule has 1 N–H and O–H groups in total. The lowest BCUT2D eigenvalue weighted by atomic mass is 9.46. The summed E-state index contributed by atoms with van der Waals surface area (Å²) in [5, 5.41) is 11.5. The second-order valence-electron chi connectivity index (χ2n) is 9.50. The molecule has 2 unspecified atom stereocenters. The first-order valence-corrected chi connectivity index (χ1v) is 9.99. The van der Waals surface area contributed by atoms with Crippen LogP contribution in [-0.2, 0) is 14.3 Å². The van der Waals surface area contributed by atoms with Crippen molar-refractivity contribution in [2.24, 2.45) is 34.0 Å². The molecule has 1 aliphatic heterocycles. The first kappa shape index (κ1) is 18.4. The maximum atomic E-state index is 13.5. The van der Waals surface area contributed by atoms with Crippen LogP contribution in [0.2, 0.25) is 0 Å². The van der Waals surface area contributed by atoms with Crippen molar-refractivity contribution in [3.63, 3.8) is 0 Å². The lowest BCUT2D eigenvalue weighted by Gasteiger charge is -2.60. The third kappa shape index (κ3) is 1.99. The summed E-state index contributed by atoms with van der Waals surface area (Å²) in [5.74, 6) is -0.530. The van der Waals surface area contributed by atoms with Crippen LogP contribution < -0.4 is 0 Å². The molecular weight excluding hydrogens is 328 g/mol. The molecule has 4 aliphatic rings. The molecule has 7 atom stereocenters. The molecule has 4 rings (SSSR count). The molecular formula is C22H32O4. The van der Waals surface area contributed by atoms with Crippen molar-refractivity contribution in [3.05, 3.63) is 24.8 Å². The Balaban J connectivity index is 1.96. The van der Waals surface area contributed by atoms with Crippen molar-refractivity contribution in [1.29, 1.82) is 0 Å². The highest BCUT2D eigenvalue weighted by Gasteiger charge is 2.72. The summed E-state index contributed by atoms with van der Waals surface area (Å²) in [6.07, 6.45) is 7.61. The predicted molar refractivity (Wildman–Crippen MR) is 99.3 cm³/mol. The zero-order valence-corrected chi connectivity index (χ0v) is 16.5. The highest BCUT2D eigenvalue weighted by Crippen LogP contribution is 2.69. The Bertz CT molecular complexity index is 663. The molecule has 4 heteroatoms. The van der Waals surface area contributed by atoms with Crippen molar-refractivity contribution >= 4 is 5.78 Å². The van der Waals surface area contributed by atoms with E-state index in [1.165, 1.54) is 0 Å². The number of carbonyl (C=O) groups excluding carboxylic acids is 1. The van der Waals surface area contributed by atoms with Gasteiger partial charge in [-0.05, 0) is 25.7 Å². The molecule has 0 aromatic heterocycles. The van der Waals surface area contributed by atoms with Gasteiger partial charge >= 0.3 is 0 Å². The number of hydrogen-bond donors (Lipinski definition) is 1. The number of Topliss-reactive ketones (excluding diaryl/α,β-unsaturated/α-hetero) is 1. The second-order valence-corrected chi connectivity index (χ2v) is 9.50. The van der Waals surface area contributed by atoms with E-state index in [1.54, 1.807) is 6.08 Å². The zero-order valence-electron chi connectivity index (χ0n) is 16.5. The Morgan fingerprint density at radius 3 is 2.50 bits per heavy atom. The molecule has 4 nitrogen and oxygen atoms in total. The Labute approximate surface area is 156 Å². The SMILES string of the molecule is C=C[C@@]1(C)CC(O)[C@@]2(C)C3C4(CC[C@@]3(C=C[C@H]2C)[C@H](C)C1=O)OCCO4. The fourth-order valence-corrected chi connectivity index (χ4v) is 6.65. The number of aliphatic hydroxyl groups is 1. The number of allylic oxidation sites excluding steroid dienone is 3. The van der Waals surface area contributed by atoms with E-state index in [1.807, 2.05) is 6.92 Å². The molecule has 3 aliphatic carbocycles. The molecule has 2 saturated carbocycles. The van der Waals surface area contributed by atoms with Crippen LogP contribution in [0, 0.1) is 34.0 Å². The number of aliphatic hydroxyl groups excluding tert-OH is 1. The molecule has 144 valence electrons. The summed E-state index contributed by atoms with van der Waals surface area (Å²) in [6, 6.07) is 0. The van der Waals surface area contributed by atoms with E-state index in [-0.39, 0.29) is 29.0 Å². The Hall–Kier alpha value is -0.970. The van der Waals surface area contributed by atoms with E-state index < -0.39 is 22.7 Å². The Morgan fingerprint density at radius 1 is 1.23 bits per heavy atom. The van der Waals surface area contributed by atoms with Gasteiger partial charge in [-0.1, -0.05) is 39.0 Å². The summed E-state index contributed by atoms with van der Waals surface area (Å²) >= 11 is 0. The fraction of sp³-hybridized carbons (Fsp3) is 0.773. The maximum absolute atomic E-state index is 13.5. The minimum absolute atomic E-state index is 0.0340. The molecule has 1 heterocycles. The van der Waals surface area contributed by atoms with Gasteiger partial charge in [0.2, 0.25) is 0 Å². The third-order valence-corrected chi connectivity index (χ3v) is 8.51. The van der Waals surface area contributed by atoms with Crippen LogP contribution in [0.25, 0.3) is 0 Å². The smallest absolute Gasteiger partial charge is 0.172 e. The van der Waals surface area contributed by atoms with Gasteiger partial charge in [0.05, 0.1) is 19.3 Å². The Kier molecular flexibility index (Phi) is 3.91. The fourth-order valence-electron chi connectivity index (χ4n) is 6.65. The van der Waals surface area contributed by atoms with Crippen LogP contribution >= 0.6 is 0 Å². The van der Waals surface area contributed by atoms with Gasteiger partial charge in [0.1, 0.15) is 5.78 Å². The van der Waals surface area contributed by atoms with Gasteiger partial charge in [0.15, 0.2) is 5.79 Å². The number of ketones is 1. The molecule has 0 aromatic rings. The van der Waals surface area contributed by atoms with Crippen LogP contribution in [0.4, 0.5) is 0 Å². The number of rotatable bonds is 1. The standard InChI is InChI=1S/C22H32O4/c1-6-19(4)13-16(23)20(5)14(2)7-8-21(15(3)17(19)24)9-10-22(18(20)21)25-11-12-26-22/h6-8,14-16,18,23H,1,9-13H2,2-5H3/t14-,15-,16?,18?,19+,20+,21+/m1/s1. The van der Waals surface area contributed by atoms with Crippen LogP contribution in [0.1, 0.15) is 47.0 Å². The molecule has 0 radical (unpaired) electrons. The van der Waals surface area contributed by atoms with E-state index in [4.69, 9.17) is 9.47 Å². The van der Waals surface area contributed by atoms with Gasteiger partial charge in [-0.15, -0.1) is 6.58 Å². The van der Waals surface area contributed by atoms with Gasteiger partial charge < -0.3 is 14.6 Å². The van der Waals surface area contributed by atoms with E-state index in [2.05, 4.69) is 39.5 Å². The highest BCUT2D eigenvalue weighted by atomic mass is 16.7. The van der Waals surface area contributed by atoms with Crippen molar-refractivity contribution in [2.75, 3.05) is 13.2 Å². The van der Waals surface area contributed by atoms with Crippen molar-refractivity contribution in [3.8, 4) is 0 Å². The summed E-state index contributed by atoms with van der Waals surface area (Å²) < 4.78 is 12.4. The van der Waals surface area contributed by atoms with Gasteiger partial charge in [0, 0.05) is 34.5 Å². The largest absolute Gasteiger partial charge is 0.392 e. The van der Waals surface area contributed by atoms with Crippen LogP contribution in [0.15, 0.2) is 24.8 Å². The lowest BCUT2D eigenvalue weighted by Crippen LogP contribution is -2.63. The van der Waals surface area contributed by atoms with Gasteiger partial charge in [-0.3, -0.25) is 4.79 Å². The first-order chi connectivity index (χ1) is 12.2. The first-order valence-electron chi connectivity index (χ1n) is 9.99. The molecule has 0 aromatic carbocycles. The highest BCUT2D eigenvalue weighted by molar-refractivity contribution is 5.89. The normalized spacial score (nSPS) is 52.6. The van der Waals surface area contributed by atoms with E-state index in [9.17, 15) is 9.90 Å². The average molecular weight is 360 g/mol. The zero-order chi connectivity index (χ0) is 19.0. The molecule has 1 saturated heterocycles. The second kappa shape index (κ2) is 5.52. The quantitative estimate of drug-likeness (QED) is 0.727. The van der Waals surface area contributed by atoms with Gasteiger partial charge in [0.25, 0.3) is 0 Å². The predicted octanol–water partition coefficient (Wildman–Crippen LogP) is 3.50. The van der Waals surface area contributed by atoms with Gasteiger partial charge in [-0.25, -0.2) is 0 Å².